The van der Waals surface area contributed by atoms with Gasteiger partial charge in [-0.2, -0.15) is 4.39 Å². The lowest BCUT2D eigenvalue weighted by atomic mass is 9.72. The van der Waals surface area contributed by atoms with E-state index in [0.717, 1.165) is 25.3 Å². The number of nitro benzene ring substituents is 1. The van der Waals surface area contributed by atoms with Gasteiger partial charge in [0.2, 0.25) is 11.7 Å². The van der Waals surface area contributed by atoms with Gasteiger partial charge in [-0.1, -0.05) is 33.6 Å². The number of carboxylic acid groups (broad SMARTS) is 1. The highest BCUT2D eigenvalue weighted by atomic mass is 19.1. The van der Waals surface area contributed by atoms with Crippen molar-refractivity contribution < 1.29 is 38.2 Å². The smallest absolute Gasteiger partial charge is 0.335 e. The Balaban J connectivity index is 1.45. The van der Waals surface area contributed by atoms with Crippen molar-refractivity contribution in [3.63, 3.8) is 0 Å². The second-order valence-electron chi connectivity index (χ2n) is 11.5. The fourth-order valence-electron chi connectivity index (χ4n) is 5.92. The van der Waals surface area contributed by atoms with Crippen molar-refractivity contribution in [3.8, 4) is 17.2 Å². The highest BCUT2D eigenvalue weighted by molar-refractivity contribution is 5.93. The van der Waals surface area contributed by atoms with Gasteiger partial charge in [0.15, 0.2) is 0 Å². The van der Waals surface area contributed by atoms with Crippen LogP contribution in [0.3, 0.4) is 0 Å². The molecule has 1 saturated carbocycles. The third kappa shape index (κ3) is 8.27. The van der Waals surface area contributed by atoms with Gasteiger partial charge < -0.3 is 30.0 Å². The molecule has 1 fully saturated rings. The van der Waals surface area contributed by atoms with Crippen LogP contribution in [0.1, 0.15) is 56.0 Å². The van der Waals surface area contributed by atoms with Gasteiger partial charge in [-0.25, -0.2) is 4.79 Å². The van der Waals surface area contributed by atoms with E-state index in [9.17, 15) is 19.7 Å². The minimum Gasteiger partial charge on any atom is -0.494 e. The molecule has 3 N–H and O–H groups in total. The van der Waals surface area contributed by atoms with Crippen LogP contribution in [0.5, 0.6) is 17.2 Å². The maximum atomic E-state index is 15.3. The topological polar surface area (TPSA) is 149 Å². The van der Waals surface area contributed by atoms with Gasteiger partial charge in [0, 0.05) is 24.4 Å². The van der Waals surface area contributed by atoms with Crippen LogP contribution >= 0.6 is 0 Å². The van der Waals surface area contributed by atoms with Gasteiger partial charge >= 0.3 is 11.7 Å². The van der Waals surface area contributed by atoms with E-state index in [1.165, 1.54) is 37.4 Å². The van der Waals surface area contributed by atoms with Crippen molar-refractivity contribution in [3.05, 3.63) is 81.7 Å². The maximum Gasteiger partial charge on any atom is 0.335 e. The Morgan fingerprint density at radius 3 is 2.47 bits per heavy atom. The quantitative estimate of drug-likeness (QED) is 0.132. The summed E-state index contributed by atoms with van der Waals surface area (Å²) in [5, 5.41) is 26.4. The fraction of sp³-hybridized carbons (Fsp3) is 0.394. The molecule has 3 aromatic rings. The molecule has 0 saturated heterocycles. The standard InChI is InChI=1S/C33H38FN3O8/c1-19(2)31-20(3)6-5-7-28(31)44-18-30(38)36-25-13-10-22(16-29(25)43-4)35-17-24-27(15-14-26(32(24)34)37(41)42)45-23-11-8-21(9-12-23)33(39)40/h8-16,19-20,28,31,35H,5-7,17-18H2,1-4H3,(H,36,38)(H,39,40). The number of hydrogen-bond acceptors (Lipinski definition) is 8. The van der Waals surface area contributed by atoms with Crippen molar-refractivity contribution in [1.82, 2.24) is 0 Å². The third-order valence-corrected chi connectivity index (χ3v) is 8.08. The molecule has 0 aliphatic heterocycles. The fourth-order valence-corrected chi connectivity index (χ4v) is 5.92. The second-order valence-corrected chi connectivity index (χ2v) is 11.5. The van der Waals surface area contributed by atoms with Crippen molar-refractivity contribution in [2.75, 3.05) is 24.4 Å². The Morgan fingerprint density at radius 2 is 1.82 bits per heavy atom. The number of methoxy groups -OCH3 is 1. The number of carbonyl (C=O) groups is 2. The molecule has 12 heteroatoms. The minimum atomic E-state index is -1.11. The summed E-state index contributed by atoms with van der Waals surface area (Å²) in [6.45, 7) is 6.33. The van der Waals surface area contributed by atoms with Gasteiger partial charge in [0.1, 0.15) is 23.9 Å². The summed E-state index contributed by atoms with van der Waals surface area (Å²) in [5.74, 6) is -0.542. The molecule has 4 rings (SSSR count). The van der Waals surface area contributed by atoms with E-state index in [1.54, 1.807) is 18.2 Å². The van der Waals surface area contributed by atoms with Crippen molar-refractivity contribution >= 4 is 28.9 Å². The van der Waals surface area contributed by atoms with E-state index >= 15 is 4.39 Å². The lowest BCUT2D eigenvalue weighted by Gasteiger charge is -2.38. The maximum absolute atomic E-state index is 15.3. The van der Waals surface area contributed by atoms with E-state index in [4.69, 9.17) is 19.3 Å². The monoisotopic (exact) mass is 623 g/mol. The Kier molecular flexibility index (Phi) is 10.9. The van der Waals surface area contributed by atoms with Crippen LogP contribution < -0.4 is 20.1 Å². The predicted octanol–water partition coefficient (Wildman–Crippen LogP) is 7.26. The minimum absolute atomic E-state index is 0.0107. The average Bonchev–Trinajstić information content (AvgIpc) is 3.00. The number of nitro groups is 1. The van der Waals surface area contributed by atoms with Gasteiger partial charge in [-0.15, -0.1) is 0 Å². The highest BCUT2D eigenvalue weighted by Gasteiger charge is 2.34. The number of benzene rings is 3. The Hall–Kier alpha value is -4.71. The van der Waals surface area contributed by atoms with E-state index in [-0.39, 0.29) is 47.8 Å². The second kappa shape index (κ2) is 14.8. The summed E-state index contributed by atoms with van der Waals surface area (Å²) in [6, 6.07) is 12.6. The first-order valence-corrected chi connectivity index (χ1v) is 14.8. The Bertz CT molecular complexity index is 1530. The highest BCUT2D eigenvalue weighted by Crippen LogP contribution is 2.37. The van der Waals surface area contributed by atoms with Gasteiger partial charge in [-0.3, -0.25) is 14.9 Å². The summed E-state index contributed by atoms with van der Waals surface area (Å²) >= 11 is 0. The first-order chi connectivity index (χ1) is 21.5. The first-order valence-electron chi connectivity index (χ1n) is 14.8. The molecule has 3 unspecified atom stereocenters. The molecule has 3 aromatic carbocycles. The zero-order valence-electron chi connectivity index (χ0n) is 25.7. The van der Waals surface area contributed by atoms with Crippen LogP contribution in [-0.4, -0.2) is 41.7 Å². The molecule has 0 spiro atoms. The number of anilines is 2. The van der Waals surface area contributed by atoms with Crippen LogP contribution in [0.15, 0.2) is 54.6 Å². The molecule has 1 amide bonds. The summed E-state index contributed by atoms with van der Waals surface area (Å²) in [5.41, 5.74) is 0.111. The summed E-state index contributed by atoms with van der Waals surface area (Å²) < 4.78 is 32.6. The molecule has 1 aliphatic carbocycles. The van der Waals surface area contributed by atoms with Crippen molar-refractivity contribution in [1.29, 1.82) is 0 Å². The summed E-state index contributed by atoms with van der Waals surface area (Å²) in [6.07, 6.45) is 3.20. The van der Waals surface area contributed by atoms with Crippen LogP contribution in [0.2, 0.25) is 0 Å². The Morgan fingerprint density at radius 1 is 1.09 bits per heavy atom. The molecule has 240 valence electrons. The van der Waals surface area contributed by atoms with Gasteiger partial charge in [0.25, 0.3) is 0 Å². The van der Waals surface area contributed by atoms with E-state index in [0.29, 0.717) is 34.9 Å². The Labute approximate surface area is 260 Å². The number of amides is 1. The lowest BCUT2D eigenvalue weighted by Crippen LogP contribution is -2.38. The zero-order valence-corrected chi connectivity index (χ0v) is 25.7. The summed E-state index contributed by atoms with van der Waals surface area (Å²) in [4.78, 5) is 34.5. The van der Waals surface area contributed by atoms with Crippen LogP contribution in [0, 0.1) is 33.7 Å². The van der Waals surface area contributed by atoms with Gasteiger partial charge in [0.05, 0.1) is 35.0 Å². The number of aromatic carboxylic acids is 1. The number of carboxylic acids is 1. The molecule has 0 bridgehead atoms. The molecule has 0 heterocycles. The predicted molar refractivity (Wildman–Crippen MR) is 167 cm³/mol. The number of hydrogen-bond donors (Lipinski definition) is 3. The van der Waals surface area contributed by atoms with Crippen LogP contribution in [0.4, 0.5) is 21.5 Å². The normalized spacial score (nSPS) is 17.9. The molecule has 11 nitrogen and oxygen atoms in total. The van der Waals surface area contributed by atoms with E-state index in [2.05, 4.69) is 31.4 Å². The number of rotatable bonds is 13. The SMILES string of the molecule is COc1cc(NCc2c(Oc3ccc(C(=O)O)cc3)ccc([N+](=O)[O-])c2F)ccc1NC(=O)COC1CCCC(C)C1C(C)C. The lowest BCUT2D eigenvalue weighted by molar-refractivity contribution is -0.387. The number of carbonyl (C=O) groups excluding carboxylic acids is 1. The number of nitrogens with zero attached hydrogens (tertiary/aromatic N) is 1. The number of ether oxygens (including phenoxy) is 3. The number of nitrogens with one attached hydrogen (secondary N) is 2. The first kappa shape index (κ1) is 33.2. The average molecular weight is 624 g/mol. The molecular weight excluding hydrogens is 585 g/mol. The number of halogens is 1. The van der Waals surface area contributed by atoms with Crippen LogP contribution in [0.25, 0.3) is 0 Å². The molecule has 0 radical (unpaired) electrons. The van der Waals surface area contributed by atoms with Crippen LogP contribution in [-0.2, 0) is 16.1 Å². The van der Waals surface area contributed by atoms with E-state index in [1.807, 2.05) is 0 Å². The van der Waals surface area contributed by atoms with Gasteiger partial charge in [-0.05, 0) is 66.6 Å². The van der Waals surface area contributed by atoms with Crippen molar-refractivity contribution in [2.24, 2.45) is 17.8 Å². The largest absolute Gasteiger partial charge is 0.494 e. The van der Waals surface area contributed by atoms with Crippen molar-refractivity contribution in [2.45, 2.75) is 52.7 Å². The molecule has 1 aliphatic rings. The molecule has 3 atom stereocenters. The molecular formula is C33H38FN3O8. The third-order valence-electron chi connectivity index (χ3n) is 8.08. The molecule has 45 heavy (non-hydrogen) atoms. The summed E-state index contributed by atoms with van der Waals surface area (Å²) in [7, 11) is 1.45. The zero-order chi connectivity index (χ0) is 32.7. The van der Waals surface area contributed by atoms with E-state index < -0.39 is 22.4 Å². The molecule has 0 aromatic heterocycles.